The molecule has 0 saturated carbocycles. The quantitative estimate of drug-likeness (QED) is 0.406. The fourth-order valence-electron chi connectivity index (χ4n) is 4.01. The van der Waals surface area contributed by atoms with Crippen molar-refractivity contribution in [3.63, 3.8) is 0 Å². The number of carboxylic acid groups (broad SMARTS) is 1. The molecule has 36 heavy (non-hydrogen) atoms. The van der Waals surface area contributed by atoms with E-state index in [0.29, 0.717) is 6.54 Å². The molecule has 2 heterocycles. The molecule has 1 atom stereocenters. The van der Waals surface area contributed by atoms with E-state index in [2.05, 4.69) is 14.6 Å². The summed E-state index contributed by atoms with van der Waals surface area (Å²) < 4.78 is 70.1. The smallest absolute Gasteiger partial charge is 0.290 e. The Bertz CT molecular complexity index is 1250. The van der Waals surface area contributed by atoms with Crippen molar-refractivity contribution < 1.29 is 31.5 Å². The topological polar surface area (TPSA) is 103 Å². The summed E-state index contributed by atoms with van der Waals surface area (Å²) in [6.07, 6.45) is -2.25. The maximum Gasteiger partial charge on any atom is 0.290 e. The lowest BCUT2D eigenvalue weighted by Crippen LogP contribution is -2.35. The molecule has 1 aliphatic rings. The first-order chi connectivity index (χ1) is 17.2. The summed E-state index contributed by atoms with van der Waals surface area (Å²) in [5.41, 5.74) is 2.02. The van der Waals surface area contributed by atoms with Gasteiger partial charge in [0.2, 0.25) is 0 Å². The van der Waals surface area contributed by atoms with Crippen molar-refractivity contribution in [2.24, 2.45) is 0 Å². The van der Waals surface area contributed by atoms with Gasteiger partial charge in [0.15, 0.2) is 5.82 Å². The fraction of sp³-hybridized carbons (Fsp3) is 0.304. The van der Waals surface area contributed by atoms with Crippen molar-refractivity contribution >= 4 is 39.3 Å². The van der Waals surface area contributed by atoms with Gasteiger partial charge in [-0.25, -0.2) is 26.6 Å². The monoisotopic (exact) mass is 542 g/mol. The van der Waals surface area contributed by atoms with E-state index in [-0.39, 0.29) is 24.0 Å². The highest BCUT2D eigenvalue weighted by atomic mass is 32.2. The van der Waals surface area contributed by atoms with Crippen molar-refractivity contribution in [3.8, 4) is 0 Å². The molecule has 0 aliphatic carbocycles. The zero-order valence-corrected chi connectivity index (χ0v) is 20.9. The predicted octanol–water partition coefficient (Wildman–Crippen LogP) is 4.43. The van der Waals surface area contributed by atoms with Crippen LogP contribution >= 0.6 is 11.3 Å². The highest BCUT2D eigenvalue weighted by molar-refractivity contribution is 7.92. The van der Waals surface area contributed by atoms with Gasteiger partial charge >= 0.3 is 0 Å². The van der Waals surface area contributed by atoms with Crippen molar-refractivity contribution in [2.75, 3.05) is 29.8 Å². The molecule has 3 aromatic rings. The number of likely N-dealkylation sites (N-methyl/N-ethyl adjacent to an activating group) is 1. The second kappa shape index (κ2) is 12.2. The number of rotatable bonds is 8. The highest BCUT2D eigenvalue weighted by Gasteiger charge is 2.31. The minimum atomic E-state index is -4.42. The first-order valence-electron chi connectivity index (χ1n) is 10.8. The van der Waals surface area contributed by atoms with Gasteiger partial charge in [-0.3, -0.25) is 14.4 Å². The summed E-state index contributed by atoms with van der Waals surface area (Å²) in [7, 11) is -2.78. The van der Waals surface area contributed by atoms with E-state index in [1.54, 1.807) is 11.9 Å². The van der Waals surface area contributed by atoms with Crippen LogP contribution in [0, 0.1) is 5.82 Å². The molecule has 1 aromatic heterocycles. The van der Waals surface area contributed by atoms with Gasteiger partial charge in [-0.05, 0) is 24.1 Å². The minimum Gasteiger partial charge on any atom is -0.483 e. The molecule has 1 saturated heterocycles. The number of carbonyl (C=O) groups is 1. The van der Waals surface area contributed by atoms with Gasteiger partial charge < -0.3 is 10.0 Å². The number of halogens is 3. The second-order valence-corrected chi connectivity index (χ2v) is 10.4. The first-order valence-corrected chi connectivity index (χ1v) is 13.2. The summed E-state index contributed by atoms with van der Waals surface area (Å²) in [6, 6.07) is 11.4. The van der Waals surface area contributed by atoms with Crippen LogP contribution in [0.25, 0.3) is 0 Å². The number of anilines is 2. The number of likely N-dealkylation sites (tertiary alicyclic amines) is 1. The highest BCUT2D eigenvalue weighted by Crippen LogP contribution is 2.36. The third-order valence-corrected chi connectivity index (χ3v) is 7.66. The molecule has 0 unspecified atom stereocenters. The maximum absolute atomic E-state index is 14.9. The molecular weight excluding hydrogens is 517 g/mol. The first kappa shape index (κ1) is 27.4. The number of hydrogen-bond donors (Lipinski definition) is 2. The van der Waals surface area contributed by atoms with E-state index in [1.807, 2.05) is 30.3 Å². The van der Waals surface area contributed by atoms with Crippen molar-refractivity contribution in [3.05, 3.63) is 70.3 Å². The summed E-state index contributed by atoms with van der Waals surface area (Å²) in [5, 5.41) is 8.31. The molecular formula is C23H25F3N4O4S2. The lowest BCUT2D eigenvalue weighted by atomic mass is 10.1. The SMILES string of the molecule is CN(c1cc(F)c(S(=O)(=O)Nc2cscn2)cc1C(F)F)[C@H]1CCN(Cc2ccccc2)C1.O=CO. The average Bonchev–Trinajstić information content (AvgIpc) is 3.51. The minimum absolute atomic E-state index is 0.00338. The number of alkyl halides is 2. The Balaban J connectivity index is 0.00000115. The molecule has 0 bridgehead atoms. The van der Waals surface area contributed by atoms with Crippen LogP contribution in [0.15, 0.2) is 58.3 Å². The third kappa shape index (κ3) is 6.74. The normalized spacial score (nSPS) is 15.9. The van der Waals surface area contributed by atoms with E-state index in [1.165, 1.54) is 10.9 Å². The van der Waals surface area contributed by atoms with Crippen molar-refractivity contribution in [1.82, 2.24) is 9.88 Å². The van der Waals surface area contributed by atoms with Gasteiger partial charge in [-0.2, -0.15) is 0 Å². The molecule has 0 spiro atoms. The van der Waals surface area contributed by atoms with E-state index < -0.39 is 32.7 Å². The Hall–Kier alpha value is -3.16. The summed E-state index contributed by atoms with van der Waals surface area (Å²) in [4.78, 5) is 15.2. The number of aromatic nitrogens is 1. The Morgan fingerprint density at radius 2 is 2.00 bits per heavy atom. The van der Waals surface area contributed by atoms with E-state index in [4.69, 9.17) is 9.90 Å². The standard InChI is InChI=1S/C22H23F3N4O2S2.CH2O2/c1-28(16-7-8-29(12-16)11-15-5-3-2-4-6-15)19-10-18(23)20(9-17(19)22(24)25)33(30,31)27-21-13-32-14-26-21;2-1-3/h2-6,9-10,13-14,16,22,27H,7-8,11-12H2,1H3;1H,(H,2,3)/t16-;/m0./s1. The van der Waals surface area contributed by atoms with Crippen LogP contribution in [0.4, 0.5) is 24.7 Å². The molecule has 2 N–H and O–H groups in total. The van der Waals surface area contributed by atoms with Crippen LogP contribution in [0.1, 0.15) is 24.0 Å². The van der Waals surface area contributed by atoms with Gasteiger partial charge in [0, 0.05) is 49.4 Å². The van der Waals surface area contributed by atoms with E-state index in [0.717, 1.165) is 48.5 Å². The molecule has 0 radical (unpaired) electrons. The van der Waals surface area contributed by atoms with E-state index >= 15 is 0 Å². The number of nitrogens with zero attached hydrogens (tertiary/aromatic N) is 3. The van der Waals surface area contributed by atoms with Gasteiger partial charge in [0.1, 0.15) is 10.7 Å². The molecule has 2 aromatic carbocycles. The average molecular weight is 543 g/mol. The van der Waals surface area contributed by atoms with Crippen LogP contribution in [-0.2, 0) is 21.4 Å². The van der Waals surface area contributed by atoms with Crippen LogP contribution < -0.4 is 9.62 Å². The molecule has 1 aliphatic heterocycles. The molecule has 8 nitrogen and oxygen atoms in total. The molecule has 0 amide bonds. The third-order valence-electron chi connectivity index (χ3n) is 5.70. The Labute approximate surface area is 211 Å². The Kier molecular flexibility index (Phi) is 9.29. The molecule has 4 rings (SSSR count). The fourth-order valence-corrected chi connectivity index (χ4v) is 5.66. The maximum atomic E-state index is 14.9. The second-order valence-electron chi connectivity index (χ2n) is 8.00. The summed E-state index contributed by atoms with van der Waals surface area (Å²) in [6.45, 7) is 1.89. The predicted molar refractivity (Wildman–Crippen MR) is 131 cm³/mol. The van der Waals surface area contributed by atoms with Gasteiger partial charge in [0.05, 0.1) is 5.51 Å². The number of nitrogens with one attached hydrogen (secondary N) is 1. The number of hydrogen-bond acceptors (Lipinski definition) is 7. The van der Waals surface area contributed by atoms with Crippen LogP contribution in [0.5, 0.6) is 0 Å². The summed E-state index contributed by atoms with van der Waals surface area (Å²) in [5.74, 6) is -1.09. The van der Waals surface area contributed by atoms with Crippen LogP contribution in [-0.4, -0.2) is 56.1 Å². The largest absolute Gasteiger partial charge is 0.483 e. The zero-order chi connectivity index (χ0) is 26.3. The Morgan fingerprint density at radius 3 is 2.61 bits per heavy atom. The molecule has 1 fully saturated rings. The van der Waals surface area contributed by atoms with Gasteiger partial charge in [-0.15, -0.1) is 11.3 Å². The van der Waals surface area contributed by atoms with Gasteiger partial charge in [0.25, 0.3) is 22.9 Å². The van der Waals surface area contributed by atoms with Crippen molar-refractivity contribution in [2.45, 2.75) is 30.3 Å². The number of sulfonamides is 1. The van der Waals surface area contributed by atoms with Crippen molar-refractivity contribution in [1.29, 1.82) is 0 Å². The summed E-state index contributed by atoms with van der Waals surface area (Å²) >= 11 is 1.15. The molecule has 194 valence electrons. The Morgan fingerprint density at radius 1 is 1.31 bits per heavy atom. The van der Waals surface area contributed by atoms with E-state index in [9.17, 15) is 21.6 Å². The number of thiazole rings is 1. The molecule has 13 heteroatoms. The van der Waals surface area contributed by atoms with Crippen LogP contribution in [0.2, 0.25) is 0 Å². The number of benzene rings is 2. The lowest BCUT2D eigenvalue weighted by Gasteiger charge is -2.29. The van der Waals surface area contributed by atoms with Gasteiger partial charge in [-0.1, -0.05) is 30.3 Å². The zero-order valence-electron chi connectivity index (χ0n) is 19.2. The lowest BCUT2D eigenvalue weighted by molar-refractivity contribution is -0.122. The van der Waals surface area contributed by atoms with Crippen LogP contribution in [0.3, 0.4) is 0 Å².